The molecule has 1 fully saturated rings. The Morgan fingerprint density at radius 2 is 1.75 bits per heavy atom. The molecular formula is C18H25N3O3. The van der Waals surface area contributed by atoms with Crippen LogP contribution in [0, 0.1) is 0 Å². The van der Waals surface area contributed by atoms with Gasteiger partial charge in [0.1, 0.15) is 6.04 Å². The molecule has 1 saturated heterocycles. The standard InChI is InChI=1S/C18H25N3O3/c1-14(22)19-11-10-16(23)20-17(15-8-4-2-5-9-15)18(24)21-12-6-3-7-13-21/h2,4-5,8-9,17H,3,6-7,10-13H2,1H3,(H,19,22)(H,20,23)/t17-/m0/s1. The van der Waals surface area contributed by atoms with Gasteiger partial charge in [0.25, 0.3) is 0 Å². The normalized spacial score (nSPS) is 15.5. The van der Waals surface area contributed by atoms with E-state index in [1.807, 2.05) is 35.2 Å². The molecule has 0 radical (unpaired) electrons. The largest absolute Gasteiger partial charge is 0.356 e. The van der Waals surface area contributed by atoms with Gasteiger partial charge in [-0.05, 0) is 24.8 Å². The number of piperidine rings is 1. The van der Waals surface area contributed by atoms with Crippen LogP contribution in [0.3, 0.4) is 0 Å². The quantitative estimate of drug-likeness (QED) is 0.827. The highest BCUT2D eigenvalue weighted by molar-refractivity contribution is 5.89. The van der Waals surface area contributed by atoms with Gasteiger partial charge < -0.3 is 15.5 Å². The van der Waals surface area contributed by atoms with Gasteiger partial charge in [0.05, 0.1) is 0 Å². The van der Waals surface area contributed by atoms with Gasteiger partial charge in [-0.1, -0.05) is 30.3 Å². The van der Waals surface area contributed by atoms with Gasteiger partial charge in [0.2, 0.25) is 17.7 Å². The summed E-state index contributed by atoms with van der Waals surface area (Å²) < 4.78 is 0. The second-order valence-corrected chi connectivity index (χ2v) is 6.03. The van der Waals surface area contributed by atoms with E-state index >= 15 is 0 Å². The molecule has 6 nitrogen and oxygen atoms in total. The van der Waals surface area contributed by atoms with E-state index in [4.69, 9.17) is 0 Å². The molecule has 2 rings (SSSR count). The molecule has 0 spiro atoms. The van der Waals surface area contributed by atoms with Gasteiger partial charge in [-0.25, -0.2) is 0 Å². The van der Waals surface area contributed by atoms with Crippen molar-refractivity contribution in [1.82, 2.24) is 15.5 Å². The highest BCUT2D eigenvalue weighted by Crippen LogP contribution is 2.19. The molecule has 1 aliphatic heterocycles. The Balaban J connectivity index is 2.04. The summed E-state index contributed by atoms with van der Waals surface area (Å²) in [5.41, 5.74) is 0.779. The summed E-state index contributed by atoms with van der Waals surface area (Å²) in [5, 5.41) is 5.41. The zero-order valence-electron chi connectivity index (χ0n) is 14.1. The number of carbonyl (C=O) groups excluding carboxylic acids is 3. The molecule has 24 heavy (non-hydrogen) atoms. The minimum absolute atomic E-state index is 0.0613. The predicted octanol–water partition coefficient (Wildman–Crippen LogP) is 1.38. The fourth-order valence-electron chi connectivity index (χ4n) is 2.82. The first kappa shape index (κ1) is 18.0. The van der Waals surface area contributed by atoms with Gasteiger partial charge in [-0.15, -0.1) is 0 Å². The Bertz CT molecular complexity index is 568. The third-order valence-corrected chi connectivity index (χ3v) is 4.08. The lowest BCUT2D eigenvalue weighted by Gasteiger charge is -2.31. The van der Waals surface area contributed by atoms with Crippen LogP contribution in [0.4, 0.5) is 0 Å². The van der Waals surface area contributed by atoms with E-state index in [-0.39, 0.29) is 30.7 Å². The van der Waals surface area contributed by atoms with Crippen LogP contribution in [0.25, 0.3) is 0 Å². The number of nitrogens with one attached hydrogen (secondary N) is 2. The SMILES string of the molecule is CC(=O)NCCC(=O)N[C@H](C(=O)N1CCCCC1)c1ccccc1. The monoisotopic (exact) mass is 331 g/mol. The molecule has 1 atom stereocenters. The molecule has 2 N–H and O–H groups in total. The van der Waals surface area contributed by atoms with Crippen molar-refractivity contribution >= 4 is 17.7 Å². The summed E-state index contributed by atoms with van der Waals surface area (Å²) in [6, 6.07) is 8.62. The third-order valence-electron chi connectivity index (χ3n) is 4.08. The first-order valence-corrected chi connectivity index (χ1v) is 8.45. The summed E-state index contributed by atoms with van der Waals surface area (Å²) in [6.45, 7) is 3.15. The summed E-state index contributed by atoms with van der Waals surface area (Å²) in [7, 11) is 0. The highest BCUT2D eigenvalue weighted by atomic mass is 16.2. The van der Waals surface area contributed by atoms with Crippen LogP contribution in [0.2, 0.25) is 0 Å². The van der Waals surface area contributed by atoms with E-state index in [9.17, 15) is 14.4 Å². The number of hydrogen-bond acceptors (Lipinski definition) is 3. The number of carbonyl (C=O) groups is 3. The lowest BCUT2D eigenvalue weighted by Crippen LogP contribution is -2.45. The number of likely N-dealkylation sites (tertiary alicyclic amines) is 1. The minimum atomic E-state index is -0.672. The number of rotatable bonds is 6. The molecule has 130 valence electrons. The summed E-state index contributed by atoms with van der Waals surface area (Å²) in [5.74, 6) is -0.483. The van der Waals surface area contributed by atoms with Crippen molar-refractivity contribution in [1.29, 1.82) is 0 Å². The van der Waals surface area contributed by atoms with E-state index in [1.165, 1.54) is 6.92 Å². The Morgan fingerprint density at radius 3 is 2.38 bits per heavy atom. The second-order valence-electron chi connectivity index (χ2n) is 6.03. The van der Waals surface area contributed by atoms with Gasteiger partial charge in [0, 0.05) is 33.0 Å². The fourth-order valence-corrected chi connectivity index (χ4v) is 2.82. The molecule has 6 heteroatoms. The number of amides is 3. The molecule has 0 aliphatic carbocycles. The van der Waals surface area contributed by atoms with E-state index in [0.717, 1.165) is 37.9 Å². The maximum absolute atomic E-state index is 12.9. The van der Waals surface area contributed by atoms with Crippen LogP contribution in [-0.4, -0.2) is 42.3 Å². The lowest BCUT2D eigenvalue weighted by atomic mass is 10.0. The first-order chi connectivity index (χ1) is 11.6. The van der Waals surface area contributed by atoms with Crippen LogP contribution < -0.4 is 10.6 Å². The van der Waals surface area contributed by atoms with Crippen LogP contribution in [0.5, 0.6) is 0 Å². The van der Waals surface area contributed by atoms with Crippen molar-refractivity contribution < 1.29 is 14.4 Å². The van der Waals surface area contributed by atoms with E-state index in [2.05, 4.69) is 10.6 Å². The van der Waals surface area contributed by atoms with Crippen molar-refractivity contribution in [3.05, 3.63) is 35.9 Å². The number of hydrogen-bond donors (Lipinski definition) is 2. The van der Waals surface area contributed by atoms with Gasteiger partial charge in [-0.3, -0.25) is 14.4 Å². The maximum Gasteiger partial charge on any atom is 0.249 e. The zero-order chi connectivity index (χ0) is 17.4. The van der Waals surface area contributed by atoms with Crippen LogP contribution in [0.15, 0.2) is 30.3 Å². The predicted molar refractivity (Wildman–Crippen MR) is 91.1 cm³/mol. The third kappa shape index (κ3) is 5.37. The smallest absolute Gasteiger partial charge is 0.249 e. The van der Waals surface area contributed by atoms with Gasteiger partial charge in [-0.2, -0.15) is 0 Å². The molecule has 0 unspecified atom stereocenters. The molecule has 0 aromatic heterocycles. The molecule has 1 aromatic carbocycles. The van der Waals surface area contributed by atoms with Crippen LogP contribution in [0.1, 0.15) is 44.2 Å². The van der Waals surface area contributed by atoms with Gasteiger partial charge >= 0.3 is 0 Å². The van der Waals surface area contributed by atoms with E-state index < -0.39 is 6.04 Å². The van der Waals surface area contributed by atoms with Crippen LogP contribution in [-0.2, 0) is 14.4 Å². The van der Waals surface area contributed by atoms with Crippen molar-refractivity contribution in [3.8, 4) is 0 Å². The molecule has 0 saturated carbocycles. The Kier molecular flexibility index (Phi) is 6.78. The number of benzene rings is 1. The van der Waals surface area contributed by atoms with Crippen molar-refractivity contribution in [2.75, 3.05) is 19.6 Å². The summed E-state index contributed by atoms with van der Waals surface area (Å²) in [6.07, 6.45) is 3.30. The molecule has 1 aliphatic rings. The van der Waals surface area contributed by atoms with Gasteiger partial charge in [0.15, 0.2) is 0 Å². The van der Waals surface area contributed by atoms with E-state index in [1.54, 1.807) is 0 Å². The summed E-state index contributed by atoms with van der Waals surface area (Å²) in [4.78, 5) is 37.7. The van der Waals surface area contributed by atoms with Crippen molar-refractivity contribution in [2.45, 2.75) is 38.6 Å². The maximum atomic E-state index is 12.9. The van der Waals surface area contributed by atoms with E-state index in [0.29, 0.717) is 0 Å². The number of nitrogens with zero attached hydrogens (tertiary/aromatic N) is 1. The molecular weight excluding hydrogens is 306 g/mol. The van der Waals surface area contributed by atoms with Crippen LogP contribution >= 0.6 is 0 Å². The first-order valence-electron chi connectivity index (χ1n) is 8.45. The Labute approximate surface area is 142 Å². The average Bonchev–Trinajstić information content (AvgIpc) is 2.60. The Morgan fingerprint density at radius 1 is 1.08 bits per heavy atom. The fraction of sp³-hybridized carbons (Fsp3) is 0.500. The van der Waals surface area contributed by atoms with Crippen molar-refractivity contribution in [3.63, 3.8) is 0 Å². The minimum Gasteiger partial charge on any atom is -0.356 e. The molecule has 3 amide bonds. The molecule has 0 bridgehead atoms. The molecule has 1 heterocycles. The topological polar surface area (TPSA) is 78.5 Å². The Hall–Kier alpha value is -2.37. The second kappa shape index (κ2) is 9.05. The molecule has 1 aromatic rings. The summed E-state index contributed by atoms with van der Waals surface area (Å²) >= 11 is 0. The van der Waals surface area contributed by atoms with Crippen molar-refractivity contribution in [2.24, 2.45) is 0 Å². The average molecular weight is 331 g/mol. The lowest BCUT2D eigenvalue weighted by molar-refractivity contribution is -0.137. The highest BCUT2D eigenvalue weighted by Gasteiger charge is 2.28. The zero-order valence-corrected chi connectivity index (χ0v) is 14.1.